The van der Waals surface area contributed by atoms with Crippen molar-refractivity contribution in [1.29, 1.82) is 0 Å². The molecular formula is C10H17N3O2. The maximum atomic E-state index is 4.61. The third-order valence-corrected chi connectivity index (χ3v) is 2.09. The second-order valence-electron chi connectivity index (χ2n) is 3.56. The van der Waals surface area contributed by atoms with Crippen LogP contribution in [-0.4, -0.2) is 29.3 Å². The van der Waals surface area contributed by atoms with Crippen LogP contribution in [0.4, 0.5) is 0 Å². The Morgan fingerprint density at radius 2 is 2.33 bits per heavy atom. The number of rotatable bonds is 6. The van der Waals surface area contributed by atoms with Gasteiger partial charge in [-0.15, -0.1) is 0 Å². The molecule has 0 bridgehead atoms. The van der Waals surface area contributed by atoms with Crippen molar-refractivity contribution in [3.8, 4) is 0 Å². The summed E-state index contributed by atoms with van der Waals surface area (Å²) in [6.45, 7) is 4.96. The van der Waals surface area contributed by atoms with E-state index in [9.17, 15) is 0 Å². The van der Waals surface area contributed by atoms with Crippen molar-refractivity contribution in [2.45, 2.75) is 26.4 Å². The highest BCUT2D eigenvalue weighted by atomic mass is 17.2. The molecule has 0 aromatic carbocycles. The van der Waals surface area contributed by atoms with Crippen LogP contribution in [-0.2, 0) is 16.3 Å². The summed E-state index contributed by atoms with van der Waals surface area (Å²) in [5.41, 5.74) is 0. The lowest BCUT2D eigenvalue weighted by Crippen LogP contribution is -2.21. The van der Waals surface area contributed by atoms with Gasteiger partial charge in [0, 0.05) is 12.4 Å². The van der Waals surface area contributed by atoms with E-state index in [2.05, 4.69) is 33.7 Å². The molecule has 0 aliphatic carbocycles. The molecule has 84 valence electrons. The number of nitrogens with zero attached hydrogens (tertiary/aromatic N) is 3. The highest BCUT2D eigenvalue weighted by Gasteiger charge is 2.12. The lowest BCUT2D eigenvalue weighted by Gasteiger charge is -2.15. The Kier molecular flexibility index (Phi) is 4.83. The SMILES string of the molecule is COOC=N[C@@H](Cn1cccn1)C(C)C. The van der Waals surface area contributed by atoms with E-state index in [-0.39, 0.29) is 6.04 Å². The highest BCUT2D eigenvalue weighted by Crippen LogP contribution is 2.08. The first-order chi connectivity index (χ1) is 7.24. The first-order valence-corrected chi connectivity index (χ1v) is 4.92. The molecule has 1 rings (SSSR count). The van der Waals surface area contributed by atoms with Crippen molar-refractivity contribution in [2.24, 2.45) is 10.9 Å². The van der Waals surface area contributed by atoms with Crippen molar-refractivity contribution in [1.82, 2.24) is 9.78 Å². The summed E-state index contributed by atoms with van der Waals surface area (Å²) in [5.74, 6) is 0.422. The fraction of sp³-hybridized carbons (Fsp3) is 0.600. The maximum absolute atomic E-state index is 4.61. The van der Waals surface area contributed by atoms with Gasteiger partial charge in [0.15, 0.2) is 0 Å². The minimum atomic E-state index is 0.139. The number of hydrogen-bond donors (Lipinski definition) is 0. The molecule has 0 unspecified atom stereocenters. The van der Waals surface area contributed by atoms with E-state index in [0.29, 0.717) is 5.92 Å². The molecule has 5 heteroatoms. The molecule has 0 spiro atoms. The summed E-state index contributed by atoms with van der Waals surface area (Å²) in [6.07, 6.45) is 5.00. The Morgan fingerprint density at radius 1 is 1.53 bits per heavy atom. The van der Waals surface area contributed by atoms with Crippen LogP contribution in [0.15, 0.2) is 23.5 Å². The van der Waals surface area contributed by atoms with Gasteiger partial charge >= 0.3 is 0 Å². The minimum absolute atomic E-state index is 0.139. The average Bonchev–Trinajstić information content (AvgIpc) is 2.69. The monoisotopic (exact) mass is 211 g/mol. The van der Waals surface area contributed by atoms with Gasteiger partial charge < -0.3 is 4.89 Å². The van der Waals surface area contributed by atoms with E-state index in [4.69, 9.17) is 0 Å². The van der Waals surface area contributed by atoms with Gasteiger partial charge in [-0.3, -0.25) is 4.68 Å². The Morgan fingerprint density at radius 3 is 2.87 bits per heavy atom. The van der Waals surface area contributed by atoms with E-state index in [0.717, 1.165) is 6.54 Å². The van der Waals surface area contributed by atoms with E-state index in [1.165, 1.54) is 13.5 Å². The van der Waals surface area contributed by atoms with Crippen molar-refractivity contribution in [3.05, 3.63) is 18.5 Å². The first kappa shape index (κ1) is 11.7. The Hall–Kier alpha value is -1.36. The number of hydrogen-bond acceptors (Lipinski definition) is 4. The zero-order valence-electron chi connectivity index (χ0n) is 9.33. The predicted molar refractivity (Wildman–Crippen MR) is 57.4 cm³/mol. The molecule has 1 aromatic rings. The topological polar surface area (TPSA) is 48.6 Å². The molecule has 0 amide bonds. The van der Waals surface area contributed by atoms with Gasteiger partial charge in [0.25, 0.3) is 0 Å². The molecule has 1 aromatic heterocycles. The molecule has 0 aliphatic heterocycles. The number of aliphatic imine (C=N–C) groups is 1. The fourth-order valence-electron chi connectivity index (χ4n) is 1.18. The molecule has 0 saturated heterocycles. The summed E-state index contributed by atoms with van der Waals surface area (Å²) in [5, 5.41) is 4.14. The van der Waals surface area contributed by atoms with Crippen LogP contribution in [0.3, 0.4) is 0 Å². The molecule has 5 nitrogen and oxygen atoms in total. The lowest BCUT2D eigenvalue weighted by molar-refractivity contribution is -0.188. The van der Waals surface area contributed by atoms with Crippen LogP contribution in [0.25, 0.3) is 0 Å². The second kappa shape index (κ2) is 6.19. The standard InChI is InChI=1S/C10H17N3O2/c1-9(2)10(11-8-15-14-3)7-13-6-4-5-12-13/h4-6,8-10H,7H2,1-3H3/t10-/m0/s1. The van der Waals surface area contributed by atoms with Crippen LogP contribution in [0.5, 0.6) is 0 Å². The van der Waals surface area contributed by atoms with Crippen molar-refractivity contribution >= 4 is 6.40 Å². The molecule has 0 aliphatic rings. The van der Waals surface area contributed by atoms with Crippen LogP contribution >= 0.6 is 0 Å². The summed E-state index contributed by atoms with van der Waals surface area (Å²) in [4.78, 5) is 13.3. The molecule has 0 fully saturated rings. The minimum Gasteiger partial charge on any atom is -0.326 e. The van der Waals surface area contributed by atoms with Crippen LogP contribution in [0.2, 0.25) is 0 Å². The van der Waals surface area contributed by atoms with Crippen LogP contribution in [0.1, 0.15) is 13.8 Å². The molecule has 0 radical (unpaired) electrons. The molecule has 1 atom stereocenters. The van der Waals surface area contributed by atoms with E-state index in [1.54, 1.807) is 6.20 Å². The Balaban J connectivity index is 2.51. The highest BCUT2D eigenvalue weighted by molar-refractivity contribution is 5.45. The van der Waals surface area contributed by atoms with Crippen molar-refractivity contribution in [3.63, 3.8) is 0 Å². The molecular weight excluding hydrogens is 194 g/mol. The van der Waals surface area contributed by atoms with Crippen molar-refractivity contribution in [2.75, 3.05) is 7.11 Å². The van der Waals surface area contributed by atoms with Crippen LogP contribution in [0, 0.1) is 5.92 Å². The van der Waals surface area contributed by atoms with E-state index >= 15 is 0 Å². The normalized spacial score (nSPS) is 13.6. The van der Waals surface area contributed by atoms with Crippen molar-refractivity contribution < 1.29 is 9.78 Å². The third kappa shape index (κ3) is 4.12. The lowest BCUT2D eigenvalue weighted by atomic mass is 10.1. The van der Waals surface area contributed by atoms with Gasteiger partial charge in [0.1, 0.15) is 0 Å². The van der Waals surface area contributed by atoms with Gasteiger partial charge in [-0.1, -0.05) is 13.8 Å². The van der Waals surface area contributed by atoms with Gasteiger partial charge in [-0.25, -0.2) is 4.99 Å². The zero-order chi connectivity index (χ0) is 11.1. The Labute approximate surface area is 89.6 Å². The average molecular weight is 211 g/mol. The Bertz CT molecular complexity index is 283. The summed E-state index contributed by atoms with van der Waals surface area (Å²) < 4.78 is 1.86. The molecule has 1 heterocycles. The quantitative estimate of drug-likeness (QED) is 0.310. The fourth-order valence-corrected chi connectivity index (χ4v) is 1.18. The largest absolute Gasteiger partial charge is 0.326 e. The summed E-state index contributed by atoms with van der Waals surface area (Å²) in [6, 6.07) is 2.03. The molecule has 0 N–H and O–H groups in total. The van der Waals surface area contributed by atoms with Crippen LogP contribution < -0.4 is 0 Å². The van der Waals surface area contributed by atoms with Gasteiger partial charge in [0.05, 0.1) is 19.7 Å². The second-order valence-corrected chi connectivity index (χ2v) is 3.56. The predicted octanol–water partition coefficient (Wildman–Crippen LogP) is 1.51. The summed E-state index contributed by atoms with van der Waals surface area (Å²) in [7, 11) is 1.45. The number of aromatic nitrogens is 2. The maximum Gasteiger partial charge on any atom is 0.215 e. The van der Waals surface area contributed by atoms with E-state index < -0.39 is 0 Å². The zero-order valence-corrected chi connectivity index (χ0v) is 9.33. The van der Waals surface area contributed by atoms with Gasteiger partial charge in [-0.2, -0.15) is 9.99 Å². The molecule has 15 heavy (non-hydrogen) atoms. The third-order valence-electron chi connectivity index (χ3n) is 2.09. The molecule has 0 saturated carbocycles. The van der Waals surface area contributed by atoms with Gasteiger partial charge in [0.2, 0.25) is 6.40 Å². The van der Waals surface area contributed by atoms with Gasteiger partial charge in [-0.05, 0) is 12.0 Å². The smallest absolute Gasteiger partial charge is 0.215 e. The van der Waals surface area contributed by atoms with E-state index in [1.807, 2.05) is 16.9 Å². The summed E-state index contributed by atoms with van der Waals surface area (Å²) >= 11 is 0. The first-order valence-electron chi connectivity index (χ1n) is 4.92.